The van der Waals surface area contributed by atoms with E-state index in [-0.39, 0.29) is 18.1 Å². The van der Waals surface area contributed by atoms with Crippen molar-refractivity contribution in [3.63, 3.8) is 0 Å². The molecule has 0 unspecified atom stereocenters. The van der Waals surface area contributed by atoms with E-state index in [1.54, 1.807) is 6.33 Å². The molecule has 0 aliphatic carbocycles. The fourth-order valence-electron chi connectivity index (χ4n) is 2.16. The number of aryl methyl sites for hydroxylation is 1. The minimum atomic E-state index is -0.508. The molecule has 2 heterocycles. The van der Waals surface area contributed by atoms with E-state index < -0.39 is 11.8 Å². The molecule has 0 aromatic carbocycles. The van der Waals surface area contributed by atoms with E-state index in [4.69, 9.17) is 0 Å². The molecule has 2 rings (SSSR count). The van der Waals surface area contributed by atoms with Crippen molar-refractivity contribution in [1.29, 1.82) is 0 Å². The highest BCUT2D eigenvalue weighted by atomic mass is 16.2. The first kappa shape index (κ1) is 15.0. The Morgan fingerprint density at radius 2 is 2.19 bits per heavy atom. The Bertz CT molecular complexity index is 630. The lowest BCUT2D eigenvalue weighted by Crippen LogP contribution is -2.51. The van der Waals surface area contributed by atoms with Gasteiger partial charge in [-0.15, -0.1) is 0 Å². The molecule has 1 aromatic heterocycles. The van der Waals surface area contributed by atoms with Crippen LogP contribution in [-0.4, -0.2) is 38.7 Å². The lowest BCUT2D eigenvalue weighted by atomic mass is 10.2. The second-order valence-electron chi connectivity index (χ2n) is 4.93. The number of hydrogen-bond acceptors (Lipinski definition) is 4. The van der Waals surface area contributed by atoms with Gasteiger partial charge in [-0.25, -0.2) is 4.98 Å². The number of hydrogen-bond donors (Lipinski definition) is 1. The first-order valence-electron chi connectivity index (χ1n) is 6.79. The maximum Gasteiger partial charge on any atom is 0.277 e. The fourth-order valence-corrected chi connectivity index (χ4v) is 2.16. The third-order valence-electron chi connectivity index (χ3n) is 3.31. The zero-order valence-corrected chi connectivity index (χ0v) is 12.3. The molecular weight excluding hydrogens is 272 g/mol. The van der Waals surface area contributed by atoms with Crippen LogP contribution in [0.4, 0.5) is 0 Å². The van der Waals surface area contributed by atoms with Gasteiger partial charge in [-0.3, -0.25) is 19.3 Å². The number of rotatable bonds is 3. The van der Waals surface area contributed by atoms with Gasteiger partial charge in [0.2, 0.25) is 11.8 Å². The van der Waals surface area contributed by atoms with Crippen LogP contribution in [0.5, 0.6) is 0 Å². The van der Waals surface area contributed by atoms with Crippen molar-refractivity contribution in [3.8, 4) is 0 Å². The number of amides is 3. The van der Waals surface area contributed by atoms with Crippen LogP contribution < -0.4 is 5.32 Å². The Hall–Kier alpha value is -2.44. The minimum Gasteiger partial charge on any atom is -0.334 e. The van der Waals surface area contributed by atoms with Crippen molar-refractivity contribution in [2.45, 2.75) is 33.7 Å². The second kappa shape index (κ2) is 5.90. The van der Waals surface area contributed by atoms with E-state index in [0.717, 1.165) is 23.6 Å². The van der Waals surface area contributed by atoms with Gasteiger partial charge in [0.05, 0.1) is 12.0 Å². The summed E-state index contributed by atoms with van der Waals surface area (Å²) in [4.78, 5) is 40.3. The Labute approximate surface area is 122 Å². The van der Waals surface area contributed by atoms with Crippen LogP contribution in [0.15, 0.2) is 12.0 Å². The summed E-state index contributed by atoms with van der Waals surface area (Å²) in [5.74, 6) is -1.35. The Balaban J connectivity index is 2.33. The van der Waals surface area contributed by atoms with Gasteiger partial charge < -0.3 is 9.88 Å². The van der Waals surface area contributed by atoms with Gasteiger partial charge >= 0.3 is 0 Å². The fraction of sp³-hybridized carbons (Fsp3) is 0.429. The smallest absolute Gasteiger partial charge is 0.277 e. The van der Waals surface area contributed by atoms with Crippen molar-refractivity contribution in [3.05, 3.63) is 23.4 Å². The molecule has 1 aliphatic rings. The highest BCUT2D eigenvalue weighted by molar-refractivity contribution is 6.12. The molecule has 1 aliphatic heterocycles. The molecule has 0 spiro atoms. The summed E-state index contributed by atoms with van der Waals surface area (Å²) in [5.41, 5.74) is 1.59. The predicted octanol–water partition coefficient (Wildman–Crippen LogP) is 0.447. The molecule has 0 radical (unpaired) electrons. The van der Waals surface area contributed by atoms with Crippen molar-refractivity contribution < 1.29 is 14.4 Å². The van der Waals surface area contributed by atoms with E-state index in [1.165, 1.54) is 13.0 Å². The maximum absolute atomic E-state index is 12.1. The molecule has 0 atom stereocenters. The van der Waals surface area contributed by atoms with Gasteiger partial charge in [0, 0.05) is 19.2 Å². The zero-order valence-electron chi connectivity index (χ0n) is 12.3. The number of imidazole rings is 1. The maximum atomic E-state index is 12.1. The van der Waals surface area contributed by atoms with E-state index >= 15 is 0 Å². The topological polar surface area (TPSA) is 84.3 Å². The highest BCUT2D eigenvalue weighted by Crippen LogP contribution is 2.14. The summed E-state index contributed by atoms with van der Waals surface area (Å²) in [6.07, 6.45) is 4.18. The molecule has 1 N–H and O–H groups in total. The molecule has 21 heavy (non-hydrogen) atoms. The molecular formula is C14H18N4O3. The van der Waals surface area contributed by atoms with Crippen molar-refractivity contribution >= 4 is 23.8 Å². The first-order valence-corrected chi connectivity index (χ1v) is 6.79. The van der Waals surface area contributed by atoms with Crippen LogP contribution in [-0.2, 0) is 20.9 Å². The summed E-state index contributed by atoms with van der Waals surface area (Å²) in [6, 6.07) is 0. The van der Waals surface area contributed by atoms with Crippen LogP contribution in [0.1, 0.15) is 31.7 Å². The zero-order chi connectivity index (χ0) is 15.6. The summed E-state index contributed by atoms with van der Waals surface area (Å²) >= 11 is 0. The number of carbonyl (C=O) groups is 3. The third kappa shape index (κ3) is 3.01. The van der Waals surface area contributed by atoms with Gasteiger partial charge in [0.1, 0.15) is 12.2 Å². The van der Waals surface area contributed by atoms with Crippen LogP contribution in [0, 0.1) is 6.92 Å². The monoisotopic (exact) mass is 290 g/mol. The number of aromatic nitrogens is 2. The quantitative estimate of drug-likeness (QED) is 0.819. The predicted molar refractivity (Wildman–Crippen MR) is 75.8 cm³/mol. The average Bonchev–Trinajstić information content (AvgIpc) is 2.75. The minimum absolute atomic E-state index is 0.0753. The van der Waals surface area contributed by atoms with Gasteiger partial charge in [0.15, 0.2) is 0 Å². The number of nitrogens with zero attached hydrogens (tertiary/aromatic N) is 3. The molecule has 0 saturated carbocycles. The number of carbonyl (C=O) groups excluding carboxylic acids is 3. The average molecular weight is 290 g/mol. The second-order valence-corrected chi connectivity index (χ2v) is 4.93. The standard InChI is InChI=1S/C14H18N4O3/c1-4-5-17-8-15-11(9(17)2)6-12-14(21)18(10(3)19)7-13(20)16-12/h6,8H,4-5,7H2,1-3H3,(H,16,20)/b12-6-. The summed E-state index contributed by atoms with van der Waals surface area (Å²) < 4.78 is 1.98. The van der Waals surface area contributed by atoms with Crippen molar-refractivity contribution in [1.82, 2.24) is 19.8 Å². The molecule has 1 fully saturated rings. The highest BCUT2D eigenvalue weighted by Gasteiger charge is 2.30. The van der Waals surface area contributed by atoms with Crippen molar-refractivity contribution in [2.24, 2.45) is 0 Å². The summed E-state index contributed by atoms with van der Waals surface area (Å²) in [7, 11) is 0. The lowest BCUT2D eigenvalue weighted by Gasteiger charge is -2.25. The van der Waals surface area contributed by atoms with E-state index in [1.807, 2.05) is 11.5 Å². The lowest BCUT2D eigenvalue weighted by molar-refractivity contribution is -0.147. The summed E-state index contributed by atoms with van der Waals surface area (Å²) in [5, 5.41) is 2.50. The normalized spacial score (nSPS) is 17.3. The van der Waals surface area contributed by atoms with E-state index in [2.05, 4.69) is 17.2 Å². The Morgan fingerprint density at radius 1 is 1.48 bits per heavy atom. The molecule has 0 bridgehead atoms. The number of piperazine rings is 1. The molecule has 7 nitrogen and oxygen atoms in total. The number of imide groups is 1. The summed E-state index contributed by atoms with van der Waals surface area (Å²) in [6.45, 7) is 5.81. The number of nitrogens with one attached hydrogen (secondary N) is 1. The first-order chi connectivity index (χ1) is 9.93. The Morgan fingerprint density at radius 3 is 2.81 bits per heavy atom. The van der Waals surface area contributed by atoms with Gasteiger partial charge in [0.25, 0.3) is 5.91 Å². The molecule has 3 amide bonds. The SMILES string of the molecule is CCCn1cnc(/C=C2\NC(=O)CN(C(C)=O)C2=O)c1C. The van der Waals surface area contributed by atoms with Crippen LogP contribution in [0.3, 0.4) is 0 Å². The van der Waals surface area contributed by atoms with Crippen molar-refractivity contribution in [2.75, 3.05) is 6.54 Å². The Kier molecular flexibility index (Phi) is 4.21. The van der Waals surface area contributed by atoms with Gasteiger partial charge in [-0.1, -0.05) is 6.92 Å². The van der Waals surface area contributed by atoms with Gasteiger partial charge in [-0.05, 0) is 19.4 Å². The van der Waals surface area contributed by atoms with E-state index in [9.17, 15) is 14.4 Å². The largest absolute Gasteiger partial charge is 0.334 e. The van der Waals surface area contributed by atoms with E-state index in [0.29, 0.717) is 5.69 Å². The third-order valence-corrected chi connectivity index (χ3v) is 3.31. The van der Waals surface area contributed by atoms with Crippen LogP contribution in [0.25, 0.3) is 6.08 Å². The molecule has 1 aromatic rings. The molecule has 1 saturated heterocycles. The molecule has 112 valence electrons. The van der Waals surface area contributed by atoms with Gasteiger partial charge in [-0.2, -0.15) is 0 Å². The van der Waals surface area contributed by atoms with Crippen LogP contribution in [0.2, 0.25) is 0 Å². The van der Waals surface area contributed by atoms with Crippen LogP contribution >= 0.6 is 0 Å². The molecule has 7 heteroatoms.